The second-order valence-electron chi connectivity index (χ2n) is 6.10. The van der Waals surface area contributed by atoms with Gasteiger partial charge >= 0.3 is 0 Å². The summed E-state index contributed by atoms with van der Waals surface area (Å²) in [5, 5.41) is 3.20. The highest BCUT2D eigenvalue weighted by Crippen LogP contribution is 2.17. The molecule has 1 amide bonds. The van der Waals surface area contributed by atoms with Crippen LogP contribution in [0, 0.1) is 0 Å². The molecular formula is C17H27N3O. The normalized spacial score (nSPS) is 16.7. The van der Waals surface area contributed by atoms with Gasteiger partial charge in [-0.1, -0.05) is 25.7 Å². The summed E-state index contributed by atoms with van der Waals surface area (Å²) < 4.78 is 0. The van der Waals surface area contributed by atoms with Crippen molar-refractivity contribution in [2.75, 3.05) is 20.1 Å². The molecule has 0 unspecified atom stereocenters. The molecule has 2 rings (SSSR count). The Labute approximate surface area is 127 Å². The van der Waals surface area contributed by atoms with Crippen LogP contribution in [0.4, 0.5) is 0 Å². The first kappa shape index (κ1) is 16.0. The van der Waals surface area contributed by atoms with Crippen LogP contribution in [0.1, 0.15) is 44.1 Å². The van der Waals surface area contributed by atoms with Crippen LogP contribution in [0.3, 0.4) is 0 Å². The van der Waals surface area contributed by atoms with Crippen LogP contribution in [-0.2, 0) is 11.2 Å². The monoisotopic (exact) mass is 289 g/mol. The predicted molar refractivity (Wildman–Crippen MR) is 85.1 cm³/mol. The summed E-state index contributed by atoms with van der Waals surface area (Å²) in [6, 6.07) is 4.45. The largest absolute Gasteiger partial charge is 0.352 e. The molecule has 1 aliphatic rings. The molecule has 0 aromatic carbocycles. The maximum atomic E-state index is 12.1. The van der Waals surface area contributed by atoms with E-state index < -0.39 is 0 Å². The number of likely N-dealkylation sites (N-methyl/N-ethyl adjacent to an activating group) is 1. The van der Waals surface area contributed by atoms with E-state index in [9.17, 15) is 4.79 Å². The summed E-state index contributed by atoms with van der Waals surface area (Å²) in [7, 11) is 2.01. The Bertz CT molecular complexity index is 413. The zero-order chi connectivity index (χ0) is 14.9. The number of hydrogen-bond donors (Lipinski definition) is 1. The molecule has 1 aliphatic carbocycles. The van der Waals surface area contributed by atoms with Gasteiger partial charge in [0.25, 0.3) is 0 Å². The number of pyridine rings is 1. The lowest BCUT2D eigenvalue weighted by atomic mass is 10.1. The van der Waals surface area contributed by atoms with Crippen LogP contribution < -0.4 is 5.32 Å². The molecule has 0 aliphatic heterocycles. The standard InChI is InChI=1S/C17H27N3O/c1-20(13-10-15-8-11-18-12-9-15)14-17(21)19-16-6-4-2-3-5-7-16/h8-9,11-12,16H,2-7,10,13-14H2,1H3,(H,19,21). The summed E-state index contributed by atoms with van der Waals surface area (Å²) in [4.78, 5) is 18.2. The van der Waals surface area contributed by atoms with E-state index in [1.54, 1.807) is 0 Å². The van der Waals surface area contributed by atoms with Crippen molar-refractivity contribution in [2.45, 2.75) is 51.0 Å². The van der Waals surface area contributed by atoms with E-state index in [1.807, 2.05) is 31.6 Å². The number of nitrogens with one attached hydrogen (secondary N) is 1. The fourth-order valence-electron chi connectivity index (χ4n) is 2.89. The van der Waals surface area contributed by atoms with Gasteiger partial charge in [0.15, 0.2) is 0 Å². The second-order valence-corrected chi connectivity index (χ2v) is 6.10. The Balaban J connectivity index is 1.66. The molecule has 0 bridgehead atoms. The lowest BCUT2D eigenvalue weighted by Crippen LogP contribution is -2.41. The van der Waals surface area contributed by atoms with Gasteiger partial charge in [-0.2, -0.15) is 0 Å². The molecule has 21 heavy (non-hydrogen) atoms. The topological polar surface area (TPSA) is 45.2 Å². The van der Waals surface area contributed by atoms with Crippen LogP contribution in [0.15, 0.2) is 24.5 Å². The van der Waals surface area contributed by atoms with Gasteiger partial charge in [-0.15, -0.1) is 0 Å². The lowest BCUT2D eigenvalue weighted by Gasteiger charge is -2.20. The molecule has 1 aromatic heterocycles. The van der Waals surface area contributed by atoms with Gasteiger partial charge in [-0.3, -0.25) is 14.7 Å². The SMILES string of the molecule is CN(CCc1ccncc1)CC(=O)NC1CCCCCC1. The molecule has 1 aromatic rings. The molecule has 1 N–H and O–H groups in total. The first-order chi connectivity index (χ1) is 10.2. The number of nitrogens with zero attached hydrogens (tertiary/aromatic N) is 2. The number of hydrogen-bond acceptors (Lipinski definition) is 3. The Hall–Kier alpha value is -1.42. The zero-order valence-electron chi connectivity index (χ0n) is 13.1. The number of carbonyl (C=O) groups excluding carboxylic acids is 1. The van der Waals surface area contributed by atoms with Gasteiger partial charge in [0.2, 0.25) is 5.91 Å². The van der Waals surface area contributed by atoms with E-state index in [0.29, 0.717) is 12.6 Å². The fourth-order valence-corrected chi connectivity index (χ4v) is 2.89. The minimum atomic E-state index is 0.166. The van der Waals surface area contributed by atoms with Crippen molar-refractivity contribution in [3.63, 3.8) is 0 Å². The number of carbonyl (C=O) groups is 1. The summed E-state index contributed by atoms with van der Waals surface area (Å²) in [6.07, 6.45) is 12.0. The molecule has 0 spiro atoms. The van der Waals surface area contributed by atoms with E-state index in [4.69, 9.17) is 0 Å². The van der Waals surface area contributed by atoms with Crippen molar-refractivity contribution in [1.82, 2.24) is 15.2 Å². The Kier molecular flexibility index (Phi) is 6.67. The Morgan fingerprint density at radius 3 is 2.57 bits per heavy atom. The maximum absolute atomic E-state index is 12.1. The average molecular weight is 289 g/mol. The zero-order valence-corrected chi connectivity index (χ0v) is 13.1. The quantitative estimate of drug-likeness (QED) is 0.818. The predicted octanol–water partition coefficient (Wildman–Crippen LogP) is 2.39. The molecule has 0 saturated heterocycles. The van der Waals surface area contributed by atoms with Gasteiger partial charge in [-0.25, -0.2) is 0 Å². The van der Waals surface area contributed by atoms with Gasteiger partial charge in [0.1, 0.15) is 0 Å². The lowest BCUT2D eigenvalue weighted by molar-refractivity contribution is -0.122. The van der Waals surface area contributed by atoms with Gasteiger partial charge in [-0.05, 0) is 44.0 Å². The summed E-state index contributed by atoms with van der Waals surface area (Å²) in [5.74, 6) is 0.166. The second kappa shape index (κ2) is 8.78. The first-order valence-electron chi connectivity index (χ1n) is 8.11. The van der Waals surface area contributed by atoms with Crippen LogP contribution in [0.25, 0.3) is 0 Å². The third-order valence-corrected chi connectivity index (χ3v) is 4.17. The highest BCUT2D eigenvalue weighted by atomic mass is 16.2. The van der Waals surface area contributed by atoms with Crippen molar-refractivity contribution < 1.29 is 4.79 Å². The first-order valence-corrected chi connectivity index (χ1v) is 8.11. The molecule has 1 fully saturated rings. The molecule has 1 heterocycles. The summed E-state index contributed by atoms with van der Waals surface area (Å²) in [5.41, 5.74) is 1.26. The molecule has 4 nitrogen and oxygen atoms in total. The summed E-state index contributed by atoms with van der Waals surface area (Å²) >= 11 is 0. The van der Waals surface area contributed by atoms with Crippen molar-refractivity contribution in [1.29, 1.82) is 0 Å². The Morgan fingerprint density at radius 2 is 1.90 bits per heavy atom. The van der Waals surface area contributed by atoms with Crippen LogP contribution in [0.2, 0.25) is 0 Å². The molecule has 0 atom stereocenters. The molecule has 116 valence electrons. The minimum absolute atomic E-state index is 0.166. The van der Waals surface area contributed by atoms with Crippen LogP contribution >= 0.6 is 0 Å². The molecule has 1 saturated carbocycles. The number of aromatic nitrogens is 1. The van der Waals surface area contributed by atoms with E-state index in [1.165, 1.54) is 31.2 Å². The van der Waals surface area contributed by atoms with E-state index in [2.05, 4.69) is 15.2 Å². The van der Waals surface area contributed by atoms with Gasteiger partial charge in [0.05, 0.1) is 6.54 Å². The summed E-state index contributed by atoms with van der Waals surface area (Å²) in [6.45, 7) is 1.38. The molecule has 0 radical (unpaired) electrons. The van der Waals surface area contributed by atoms with Crippen LogP contribution in [-0.4, -0.2) is 42.0 Å². The number of amides is 1. The van der Waals surface area contributed by atoms with Gasteiger partial charge in [0, 0.05) is 25.0 Å². The van der Waals surface area contributed by atoms with Crippen molar-refractivity contribution >= 4 is 5.91 Å². The van der Waals surface area contributed by atoms with E-state index in [0.717, 1.165) is 25.8 Å². The number of rotatable bonds is 6. The highest BCUT2D eigenvalue weighted by molar-refractivity contribution is 5.78. The smallest absolute Gasteiger partial charge is 0.234 e. The third kappa shape index (κ3) is 6.25. The van der Waals surface area contributed by atoms with Crippen molar-refractivity contribution in [2.24, 2.45) is 0 Å². The van der Waals surface area contributed by atoms with E-state index >= 15 is 0 Å². The highest BCUT2D eigenvalue weighted by Gasteiger charge is 2.15. The van der Waals surface area contributed by atoms with Crippen molar-refractivity contribution in [3.8, 4) is 0 Å². The van der Waals surface area contributed by atoms with E-state index in [-0.39, 0.29) is 5.91 Å². The minimum Gasteiger partial charge on any atom is -0.352 e. The van der Waals surface area contributed by atoms with Crippen LogP contribution in [0.5, 0.6) is 0 Å². The Morgan fingerprint density at radius 1 is 1.24 bits per heavy atom. The van der Waals surface area contributed by atoms with Crippen molar-refractivity contribution in [3.05, 3.63) is 30.1 Å². The van der Waals surface area contributed by atoms with Gasteiger partial charge < -0.3 is 5.32 Å². The fraction of sp³-hybridized carbons (Fsp3) is 0.647. The molecule has 4 heteroatoms. The molecular weight excluding hydrogens is 262 g/mol. The third-order valence-electron chi connectivity index (χ3n) is 4.17. The average Bonchev–Trinajstić information content (AvgIpc) is 2.75. The maximum Gasteiger partial charge on any atom is 0.234 e.